The lowest BCUT2D eigenvalue weighted by Crippen LogP contribution is -2.29. The fraction of sp³-hybridized carbons (Fsp3) is 0.571. The molecule has 1 N–H and O–H groups in total. The van der Waals surface area contributed by atoms with Crippen LogP contribution in [0, 0.1) is 0 Å². The molecule has 2 nitrogen and oxygen atoms in total. The van der Waals surface area contributed by atoms with E-state index in [1.54, 1.807) is 0 Å². The van der Waals surface area contributed by atoms with Gasteiger partial charge in [-0.05, 0) is 51.0 Å². The van der Waals surface area contributed by atoms with Gasteiger partial charge < -0.3 is 10.2 Å². The predicted octanol–water partition coefficient (Wildman–Crippen LogP) is 3.02. The highest BCUT2D eigenvalue weighted by molar-refractivity contribution is 9.10. The Kier molecular flexibility index (Phi) is 5.01. The first-order valence-corrected chi connectivity index (χ1v) is 7.20. The smallest absolute Gasteiger partial charge is 0.0220 e. The molecule has 17 heavy (non-hydrogen) atoms. The monoisotopic (exact) mass is 296 g/mol. The van der Waals surface area contributed by atoms with Crippen molar-refractivity contribution < 1.29 is 0 Å². The first kappa shape index (κ1) is 13.1. The van der Waals surface area contributed by atoms with Crippen molar-refractivity contribution in [3.05, 3.63) is 34.3 Å². The van der Waals surface area contributed by atoms with Gasteiger partial charge in [-0.2, -0.15) is 0 Å². The SMILES string of the molecule is CN1CCCC(NCc2ccccc2Br)CC1. The Morgan fingerprint density at radius 3 is 2.94 bits per heavy atom. The van der Waals surface area contributed by atoms with Gasteiger partial charge in [0.2, 0.25) is 0 Å². The van der Waals surface area contributed by atoms with Crippen molar-refractivity contribution in [1.29, 1.82) is 0 Å². The fourth-order valence-electron chi connectivity index (χ4n) is 2.34. The number of hydrogen-bond acceptors (Lipinski definition) is 2. The van der Waals surface area contributed by atoms with Crippen molar-refractivity contribution in [2.45, 2.75) is 31.8 Å². The zero-order chi connectivity index (χ0) is 12.1. The Bertz CT molecular complexity index is 354. The summed E-state index contributed by atoms with van der Waals surface area (Å²) in [5, 5.41) is 3.68. The number of hydrogen-bond donors (Lipinski definition) is 1. The van der Waals surface area contributed by atoms with E-state index in [0.717, 1.165) is 6.54 Å². The predicted molar refractivity (Wildman–Crippen MR) is 76.1 cm³/mol. The van der Waals surface area contributed by atoms with Crippen molar-refractivity contribution in [3.8, 4) is 0 Å². The molecule has 2 rings (SSSR count). The van der Waals surface area contributed by atoms with Crippen molar-refractivity contribution in [1.82, 2.24) is 10.2 Å². The minimum Gasteiger partial charge on any atom is -0.310 e. The second-order valence-corrected chi connectivity index (χ2v) is 5.76. The van der Waals surface area contributed by atoms with E-state index < -0.39 is 0 Å². The first-order chi connectivity index (χ1) is 8.25. The van der Waals surface area contributed by atoms with Crippen LogP contribution in [0.5, 0.6) is 0 Å². The van der Waals surface area contributed by atoms with Gasteiger partial charge in [-0.3, -0.25) is 0 Å². The maximum Gasteiger partial charge on any atom is 0.0220 e. The Hall–Kier alpha value is -0.380. The number of nitrogens with zero attached hydrogens (tertiary/aromatic N) is 1. The van der Waals surface area contributed by atoms with Gasteiger partial charge in [0, 0.05) is 17.1 Å². The van der Waals surface area contributed by atoms with E-state index in [4.69, 9.17) is 0 Å². The number of nitrogens with one attached hydrogen (secondary N) is 1. The minimum atomic E-state index is 0.673. The van der Waals surface area contributed by atoms with Gasteiger partial charge in [0.25, 0.3) is 0 Å². The van der Waals surface area contributed by atoms with Crippen LogP contribution in [0.3, 0.4) is 0 Å². The molecule has 1 aliphatic rings. The summed E-state index contributed by atoms with van der Waals surface area (Å²) in [6.07, 6.45) is 3.87. The molecule has 1 heterocycles. The summed E-state index contributed by atoms with van der Waals surface area (Å²) in [6, 6.07) is 9.13. The molecule has 94 valence electrons. The van der Waals surface area contributed by atoms with Crippen LogP contribution in [0.2, 0.25) is 0 Å². The van der Waals surface area contributed by atoms with Crippen LogP contribution in [-0.2, 0) is 6.54 Å². The summed E-state index contributed by atoms with van der Waals surface area (Å²) in [5.74, 6) is 0. The molecule has 1 aromatic rings. The zero-order valence-electron chi connectivity index (χ0n) is 10.5. The molecule has 1 aliphatic heterocycles. The summed E-state index contributed by atoms with van der Waals surface area (Å²) in [5.41, 5.74) is 1.35. The topological polar surface area (TPSA) is 15.3 Å². The molecule has 0 spiro atoms. The van der Waals surface area contributed by atoms with Crippen LogP contribution in [0.25, 0.3) is 0 Å². The van der Waals surface area contributed by atoms with Crippen LogP contribution < -0.4 is 5.32 Å². The average Bonchev–Trinajstić information content (AvgIpc) is 2.53. The van der Waals surface area contributed by atoms with E-state index >= 15 is 0 Å². The van der Waals surface area contributed by atoms with Crippen LogP contribution in [0.1, 0.15) is 24.8 Å². The standard InChI is InChI=1S/C14H21BrN2/c1-17-9-4-6-13(8-10-17)16-11-12-5-2-3-7-14(12)15/h2-3,5,7,13,16H,4,6,8-11H2,1H3. The summed E-state index contributed by atoms with van der Waals surface area (Å²) in [4.78, 5) is 2.43. The lowest BCUT2D eigenvalue weighted by Gasteiger charge is -2.17. The summed E-state index contributed by atoms with van der Waals surface area (Å²) in [7, 11) is 2.22. The second-order valence-electron chi connectivity index (χ2n) is 4.90. The van der Waals surface area contributed by atoms with Crippen molar-refractivity contribution in [3.63, 3.8) is 0 Å². The van der Waals surface area contributed by atoms with Gasteiger partial charge in [0.1, 0.15) is 0 Å². The van der Waals surface area contributed by atoms with E-state index in [9.17, 15) is 0 Å². The van der Waals surface area contributed by atoms with Crippen molar-refractivity contribution in [2.75, 3.05) is 20.1 Å². The van der Waals surface area contributed by atoms with Gasteiger partial charge in [-0.15, -0.1) is 0 Å². The highest BCUT2D eigenvalue weighted by atomic mass is 79.9. The van der Waals surface area contributed by atoms with Crippen molar-refractivity contribution in [2.24, 2.45) is 0 Å². The molecule has 3 heteroatoms. The zero-order valence-corrected chi connectivity index (χ0v) is 12.0. The summed E-state index contributed by atoms with van der Waals surface area (Å²) < 4.78 is 1.21. The molecule has 0 radical (unpaired) electrons. The molecule has 1 fully saturated rings. The summed E-state index contributed by atoms with van der Waals surface area (Å²) in [6.45, 7) is 3.43. The van der Waals surface area contributed by atoms with E-state index in [0.29, 0.717) is 6.04 Å². The molecule has 1 aromatic carbocycles. The third-order valence-corrected chi connectivity index (χ3v) is 4.26. The molecule has 0 aliphatic carbocycles. The third-order valence-electron chi connectivity index (χ3n) is 3.49. The Labute approximate surface area is 113 Å². The number of halogens is 1. The molecule has 1 saturated heterocycles. The van der Waals surface area contributed by atoms with Gasteiger partial charge in [-0.1, -0.05) is 34.1 Å². The molecule has 1 atom stereocenters. The molecular formula is C14H21BrN2. The lowest BCUT2D eigenvalue weighted by atomic mass is 10.1. The maximum atomic E-state index is 3.68. The molecule has 1 unspecified atom stereocenters. The first-order valence-electron chi connectivity index (χ1n) is 6.41. The maximum absolute atomic E-state index is 3.68. The second kappa shape index (κ2) is 6.53. The van der Waals surface area contributed by atoms with E-state index in [1.807, 2.05) is 0 Å². The molecule has 0 bridgehead atoms. The van der Waals surface area contributed by atoms with Crippen molar-refractivity contribution >= 4 is 15.9 Å². The van der Waals surface area contributed by atoms with Crippen LogP contribution in [0.4, 0.5) is 0 Å². The van der Waals surface area contributed by atoms with E-state index in [2.05, 4.69) is 57.5 Å². The summed E-state index contributed by atoms with van der Waals surface area (Å²) >= 11 is 3.60. The van der Waals surface area contributed by atoms with Gasteiger partial charge in [0.15, 0.2) is 0 Å². The van der Waals surface area contributed by atoms with Gasteiger partial charge in [0.05, 0.1) is 0 Å². The lowest BCUT2D eigenvalue weighted by molar-refractivity contribution is 0.343. The largest absolute Gasteiger partial charge is 0.310 e. The third kappa shape index (κ3) is 4.09. The average molecular weight is 297 g/mol. The Balaban J connectivity index is 1.83. The Morgan fingerprint density at radius 2 is 2.12 bits per heavy atom. The van der Waals surface area contributed by atoms with Gasteiger partial charge in [-0.25, -0.2) is 0 Å². The highest BCUT2D eigenvalue weighted by Gasteiger charge is 2.14. The van der Waals surface area contributed by atoms with Crippen LogP contribution in [-0.4, -0.2) is 31.1 Å². The van der Waals surface area contributed by atoms with E-state index in [-0.39, 0.29) is 0 Å². The molecular weight excluding hydrogens is 276 g/mol. The fourth-order valence-corrected chi connectivity index (χ4v) is 2.77. The molecule has 0 amide bonds. The van der Waals surface area contributed by atoms with Gasteiger partial charge >= 0.3 is 0 Å². The van der Waals surface area contributed by atoms with Crippen LogP contribution in [0.15, 0.2) is 28.7 Å². The number of likely N-dealkylation sites (tertiary alicyclic amines) is 1. The number of benzene rings is 1. The minimum absolute atomic E-state index is 0.673. The highest BCUT2D eigenvalue weighted by Crippen LogP contribution is 2.17. The Morgan fingerprint density at radius 1 is 1.29 bits per heavy atom. The van der Waals surface area contributed by atoms with E-state index in [1.165, 1.54) is 42.4 Å². The molecule has 0 saturated carbocycles. The quantitative estimate of drug-likeness (QED) is 0.922. The molecule has 0 aromatic heterocycles. The number of rotatable bonds is 3. The van der Waals surface area contributed by atoms with Crippen LogP contribution >= 0.6 is 15.9 Å². The normalized spacial score (nSPS) is 22.4.